The lowest BCUT2D eigenvalue weighted by Gasteiger charge is -2.19. The second-order valence-corrected chi connectivity index (χ2v) is 5.09. The van der Waals surface area contributed by atoms with Crippen molar-refractivity contribution in [2.24, 2.45) is 14.1 Å². The first-order valence-electron chi connectivity index (χ1n) is 6.37. The summed E-state index contributed by atoms with van der Waals surface area (Å²) in [4.78, 5) is 24.0. The fourth-order valence-corrected chi connectivity index (χ4v) is 2.54. The largest absolute Gasteiger partial charge is 0.428 e. The van der Waals surface area contributed by atoms with E-state index in [4.69, 9.17) is 0 Å². The van der Waals surface area contributed by atoms with Crippen molar-refractivity contribution in [2.45, 2.75) is 12.5 Å². The Kier molecular flexibility index (Phi) is 2.95. The first-order valence-corrected chi connectivity index (χ1v) is 6.37. The molecule has 0 amide bonds. The number of ether oxygens (including phenoxy) is 1. The number of hydrogen-bond acceptors (Lipinski definition) is 3. The van der Waals surface area contributed by atoms with E-state index in [0.29, 0.717) is 0 Å². The summed E-state index contributed by atoms with van der Waals surface area (Å²) in [6.45, 7) is 0. The summed E-state index contributed by atoms with van der Waals surface area (Å²) in [5.41, 5.74) is -2.23. The van der Waals surface area contributed by atoms with E-state index < -0.39 is 34.6 Å². The zero-order chi connectivity index (χ0) is 16.2. The molecule has 1 aliphatic heterocycles. The Hall–Kier alpha value is -2.51. The molecule has 0 bridgehead atoms. The molecular weight excluding hydrogens is 301 g/mol. The van der Waals surface area contributed by atoms with Gasteiger partial charge in [0.05, 0.1) is 11.1 Å². The first kappa shape index (κ1) is 14.4. The van der Waals surface area contributed by atoms with Crippen molar-refractivity contribution in [3.8, 4) is 5.88 Å². The number of nitrogens with zero attached hydrogens (tertiary/aromatic N) is 2. The zero-order valence-electron chi connectivity index (χ0n) is 11.7. The molecule has 116 valence electrons. The SMILES string of the molecule is Cn1c2c(c(=O)n(C)c1=O)Cc1cc(F)ccc1C(F)(F)O2. The molecule has 0 saturated carbocycles. The van der Waals surface area contributed by atoms with Crippen LogP contribution < -0.4 is 16.0 Å². The third-order valence-corrected chi connectivity index (χ3v) is 3.67. The molecule has 5 nitrogen and oxygen atoms in total. The van der Waals surface area contributed by atoms with Crippen molar-refractivity contribution in [1.82, 2.24) is 9.13 Å². The van der Waals surface area contributed by atoms with Crippen molar-refractivity contribution < 1.29 is 17.9 Å². The quantitative estimate of drug-likeness (QED) is 0.736. The summed E-state index contributed by atoms with van der Waals surface area (Å²) in [6.07, 6.45) is -4.02. The Morgan fingerprint density at radius 2 is 1.86 bits per heavy atom. The molecule has 3 rings (SSSR count). The zero-order valence-corrected chi connectivity index (χ0v) is 11.7. The maximum absolute atomic E-state index is 14.2. The van der Waals surface area contributed by atoms with Gasteiger partial charge in [-0.1, -0.05) is 0 Å². The predicted molar refractivity (Wildman–Crippen MR) is 70.7 cm³/mol. The third kappa shape index (κ3) is 1.94. The predicted octanol–water partition coefficient (Wildman–Crippen LogP) is 1.26. The van der Waals surface area contributed by atoms with Crippen molar-refractivity contribution in [2.75, 3.05) is 0 Å². The standard InChI is InChI=1S/C14H11F3N2O3/c1-18-11(20)9-6-7-5-8(15)3-4-10(7)14(16,17)22-12(9)19(2)13(18)21/h3-5H,6H2,1-2H3. The van der Waals surface area contributed by atoms with Crippen LogP contribution in [0.3, 0.4) is 0 Å². The van der Waals surface area contributed by atoms with E-state index in [1.807, 2.05) is 0 Å². The van der Waals surface area contributed by atoms with Gasteiger partial charge in [0.15, 0.2) is 0 Å². The molecule has 1 aliphatic rings. The van der Waals surface area contributed by atoms with Crippen LogP contribution in [0.15, 0.2) is 27.8 Å². The van der Waals surface area contributed by atoms with E-state index in [9.17, 15) is 22.8 Å². The van der Waals surface area contributed by atoms with Crippen molar-refractivity contribution in [3.05, 3.63) is 61.5 Å². The number of fused-ring (bicyclic) bond motifs is 2. The lowest BCUT2D eigenvalue weighted by Crippen LogP contribution is -2.40. The lowest BCUT2D eigenvalue weighted by atomic mass is 10.0. The summed E-state index contributed by atoms with van der Waals surface area (Å²) in [7, 11) is 2.47. The van der Waals surface area contributed by atoms with E-state index in [0.717, 1.165) is 27.3 Å². The first-order chi connectivity index (χ1) is 10.2. The molecule has 0 N–H and O–H groups in total. The van der Waals surface area contributed by atoms with Crippen LogP contribution in [-0.2, 0) is 26.6 Å². The van der Waals surface area contributed by atoms with Crippen molar-refractivity contribution in [3.63, 3.8) is 0 Å². The monoisotopic (exact) mass is 312 g/mol. The molecule has 1 aromatic carbocycles. The van der Waals surface area contributed by atoms with Gasteiger partial charge in [-0.05, 0) is 23.8 Å². The number of benzene rings is 1. The molecule has 8 heteroatoms. The normalized spacial score (nSPS) is 15.5. The van der Waals surface area contributed by atoms with Crippen LogP contribution in [0.25, 0.3) is 0 Å². The van der Waals surface area contributed by atoms with Crippen molar-refractivity contribution >= 4 is 0 Å². The maximum atomic E-state index is 14.2. The highest BCUT2D eigenvalue weighted by Gasteiger charge is 2.41. The van der Waals surface area contributed by atoms with E-state index in [2.05, 4.69) is 4.74 Å². The molecule has 0 unspecified atom stereocenters. The van der Waals surface area contributed by atoms with Gasteiger partial charge in [0.25, 0.3) is 5.56 Å². The fraction of sp³-hybridized carbons (Fsp3) is 0.286. The lowest BCUT2D eigenvalue weighted by molar-refractivity contribution is -0.188. The van der Waals surface area contributed by atoms with Gasteiger partial charge in [0.2, 0.25) is 5.88 Å². The Bertz CT molecular complexity index is 899. The van der Waals surface area contributed by atoms with Gasteiger partial charge in [-0.15, -0.1) is 0 Å². The highest BCUT2D eigenvalue weighted by atomic mass is 19.3. The highest BCUT2D eigenvalue weighted by Crippen LogP contribution is 2.38. The molecule has 1 aromatic heterocycles. The summed E-state index contributed by atoms with van der Waals surface area (Å²) >= 11 is 0. The molecule has 0 spiro atoms. The maximum Gasteiger partial charge on any atom is 0.428 e. The van der Waals surface area contributed by atoms with Crippen LogP contribution in [0.1, 0.15) is 16.7 Å². The van der Waals surface area contributed by atoms with Crippen molar-refractivity contribution in [1.29, 1.82) is 0 Å². The Morgan fingerprint density at radius 3 is 2.55 bits per heavy atom. The number of aromatic nitrogens is 2. The average Bonchev–Trinajstić information content (AvgIpc) is 2.57. The van der Waals surface area contributed by atoms with Crippen LogP contribution >= 0.6 is 0 Å². The van der Waals surface area contributed by atoms with Gasteiger partial charge in [0, 0.05) is 20.5 Å². The summed E-state index contributed by atoms with van der Waals surface area (Å²) in [5, 5.41) is 0. The molecule has 0 fully saturated rings. The van der Waals surface area contributed by atoms with Gasteiger partial charge >= 0.3 is 11.8 Å². The third-order valence-electron chi connectivity index (χ3n) is 3.67. The van der Waals surface area contributed by atoms with Crippen LogP contribution in [0, 0.1) is 5.82 Å². The molecule has 0 radical (unpaired) electrons. The smallest absolute Gasteiger partial charge is 0.412 e. The van der Waals surface area contributed by atoms with Gasteiger partial charge in [-0.25, -0.2) is 9.18 Å². The number of halogens is 3. The van der Waals surface area contributed by atoms with E-state index in [1.165, 1.54) is 14.1 Å². The summed E-state index contributed by atoms with van der Waals surface area (Å²) in [6, 6.07) is 2.74. The van der Waals surface area contributed by atoms with Gasteiger partial charge < -0.3 is 4.74 Å². The minimum absolute atomic E-state index is 0.0560. The van der Waals surface area contributed by atoms with Gasteiger partial charge in [-0.3, -0.25) is 13.9 Å². The highest BCUT2D eigenvalue weighted by molar-refractivity contribution is 5.41. The minimum atomic E-state index is -3.77. The number of hydrogen-bond donors (Lipinski definition) is 0. The van der Waals surface area contributed by atoms with Crippen LogP contribution in [-0.4, -0.2) is 9.13 Å². The van der Waals surface area contributed by atoms with Crippen LogP contribution in [0.4, 0.5) is 13.2 Å². The Morgan fingerprint density at radius 1 is 1.18 bits per heavy atom. The molecule has 0 saturated heterocycles. The number of alkyl halides is 2. The Labute approximate surface area is 122 Å². The molecule has 0 atom stereocenters. The van der Waals surface area contributed by atoms with Crippen LogP contribution in [0.5, 0.6) is 5.88 Å². The molecule has 22 heavy (non-hydrogen) atoms. The fourth-order valence-electron chi connectivity index (χ4n) is 2.54. The summed E-state index contributed by atoms with van der Waals surface area (Å²) < 4.78 is 48.1. The molecular formula is C14H11F3N2O3. The summed E-state index contributed by atoms with van der Waals surface area (Å²) in [5.74, 6) is -1.20. The average molecular weight is 312 g/mol. The molecule has 0 aliphatic carbocycles. The second kappa shape index (κ2) is 4.49. The second-order valence-electron chi connectivity index (χ2n) is 5.09. The van der Waals surface area contributed by atoms with E-state index >= 15 is 0 Å². The Balaban J connectivity index is 2.38. The van der Waals surface area contributed by atoms with E-state index in [-0.39, 0.29) is 17.5 Å². The van der Waals surface area contributed by atoms with Crippen LogP contribution in [0.2, 0.25) is 0 Å². The minimum Gasteiger partial charge on any atom is -0.412 e. The number of rotatable bonds is 0. The topological polar surface area (TPSA) is 53.2 Å². The molecule has 2 heterocycles. The van der Waals surface area contributed by atoms with Gasteiger partial charge in [-0.2, -0.15) is 8.78 Å². The molecule has 2 aromatic rings. The van der Waals surface area contributed by atoms with Gasteiger partial charge in [0.1, 0.15) is 5.82 Å². The van der Waals surface area contributed by atoms with E-state index in [1.54, 1.807) is 0 Å².